The first-order chi connectivity index (χ1) is 6.33. The van der Waals surface area contributed by atoms with Gasteiger partial charge in [0.1, 0.15) is 5.75 Å². The van der Waals surface area contributed by atoms with Gasteiger partial charge in [0.05, 0.1) is 13.7 Å². The monoisotopic (exact) mass is 200 g/mol. The molecule has 0 heterocycles. The fraction of sp³-hybridized carbons (Fsp3) is 0.400. The largest absolute Gasteiger partial charge is 0.496 e. The molecule has 1 N–H and O–H groups in total. The predicted octanol–water partition coefficient (Wildman–Crippen LogP) is 2.01. The quantitative estimate of drug-likeness (QED) is 0.754. The summed E-state index contributed by atoms with van der Waals surface area (Å²) in [7, 11) is 1.61. The van der Waals surface area contributed by atoms with Gasteiger partial charge in [0.25, 0.3) is 0 Å². The minimum atomic E-state index is -0.0437. The lowest BCUT2D eigenvalue weighted by molar-refractivity contribution is 0.271. The van der Waals surface area contributed by atoms with Crippen LogP contribution in [0.2, 0.25) is 0 Å². The van der Waals surface area contributed by atoms with Crippen LogP contribution in [0.15, 0.2) is 24.3 Å². The molecule has 0 aromatic heterocycles. The molecule has 0 spiro atoms. The van der Waals surface area contributed by atoms with Crippen LogP contribution in [-0.4, -0.2) is 24.7 Å². The van der Waals surface area contributed by atoms with Crippen LogP contribution < -0.4 is 4.74 Å². The molecule has 0 aliphatic heterocycles. The molecule has 0 aliphatic carbocycles. The van der Waals surface area contributed by atoms with Crippen LogP contribution >= 0.6 is 11.6 Å². The number of hydrogen-bond donors (Lipinski definition) is 1. The Morgan fingerprint density at radius 2 is 2.15 bits per heavy atom. The van der Waals surface area contributed by atoms with Crippen LogP contribution in [0.25, 0.3) is 0 Å². The number of benzene rings is 1. The molecule has 1 aromatic carbocycles. The number of methoxy groups -OCH3 is 1. The zero-order chi connectivity index (χ0) is 9.68. The van der Waals surface area contributed by atoms with E-state index in [1.165, 1.54) is 0 Å². The SMILES string of the molecule is COc1ccccc1C(CO)CCl. The van der Waals surface area contributed by atoms with Crippen LogP contribution in [-0.2, 0) is 0 Å². The molecule has 0 fully saturated rings. The van der Waals surface area contributed by atoms with Gasteiger partial charge < -0.3 is 9.84 Å². The van der Waals surface area contributed by atoms with E-state index in [0.717, 1.165) is 11.3 Å². The molecule has 1 atom stereocenters. The van der Waals surface area contributed by atoms with E-state index in [9.17, 15) is 0 Å². The lowest BCUT2D eigenvalue weighted by atomic mass is 10.0. The second kappa shape index (κ2) is 5.10. The average molecular weight is 201 g/mol. The second-order valence-corrected chi connectivity index (χ2v) is 3.08. The third-order valence-electron chi connectivity index (χ3n) is 1.99. The number of aliphatic hydroxyl groups is 1. The molecule has 3 heteroatoms. The van der Waals surface area contributed by atoms with E-state index < -0.39 is 0 Å². The Labute approximate surface area is 83.1 Å². The normalized spacial score (nSPS) is 12.5. The maximum atomic E-state index is 9.06. The summed E-state index contributed by atoms with van der Waals surface area (Å²) < 4.78 is 5.16. The summed E-state index contributed by atoms with van der Waals surface area (Å²) in [6.07, 6.45) is 0. The highest BCUT2D eigenvalue weighted by Crippen LogP contribution is 2.26. The smallest absolute Gasteiger partial charge is 0.122 e. The third kappa shape index (κ3) is 2.36. The molecule has 13 heavy (non-hydrogen) atoms. The van der Waals surface area contributed by atoms with Crippen LogP contribution in [0.4, 0.5) is 0 Å². The molecule has 0 radical (unpaired) electrons. The van der Waals surface area contributed by atoms with Crippen molar-refractivity contribution < 1.29 is 9.84 Å². The summed E-state index contributed by atoms with van der Waals surface area (Å²) in [4.78, 5) is 0. The first-order valence-corrected chi connectivity index (χ1v) is 4.66. The van der Waals surface area contributed by atoms with Crippen molar-refractivity contribution in [2.75, 3.05) is 19.6 Å². The van der Waals surface area contributed by atoms with E-state index in [1.54, 1.807) is 7.11 Å². The Morgan fingerprint density at radius 1 is 1.46 bits per heavy atom. The van der Waals surface area contributed by atoms with Gasteiger partial charge in [-0.2, -0.15) is 0 Å². The van der Waals surface area contributed by atoms with Gasteiger partial charge in [-0.1, -0.05) is 18.2 Å². The Balaban J connectivity index is 2.96. The van der Waals surface area contributed by atoms with E-state index in [0.29, 0.717) is 5.88 Å². The van der Waals surface area contributed by atoms with E-state index in [1.807, 2.05) is 24.3 Å². The maximum Gasteiger partial charge on any atom is 0.122 e. The maximum absolute atomic E-state index is 9.06. The zero-order valence-electron chi connectivity index (χ0n) is 7.53. The standard InChI is InChI=1S/C10H13ClO2/c1-13-10-5-3-2-4-9(10)8(6-11)7-12/h2-5,8,12H,6-7H2,1H3. The molecule has 72 valence electrons. The summed E-state index contributed by atoms with van der Waals surface area (Å²) in [5, 5.41) is 9.06. The van der Waals surface area contributed by atoms with Gasteiger partial charge in [-0.3, -0.25) is 0 Å². The molecule has 0 amide bonds. The van der Waals surface area contributed by atoms with Crippen LogP contribution in [0.1, 0.15) is 11.5 Å². The van der Waals surface area contributed by atoms with Gasteiger partial charge in [0, 0.05) is 17.4 Å². The van der Waals surface area contributed by atoms with Crippen molar-refractivity contribution >= 4 is 11.6 Å². The second-order valence-electron chi connectivity index (χ2n) is 2.78. The first kappa shape index (κ1) is 10.4. The minimum Gasteiger partial charge on any atom is -0.496 e. The van der Waals surface area contributed by atoms with Crippen molar-refractivity contribution in [3.8, 4) is 5.75 Å². The topological polar surface area (TPSA) is 29.5 Å². The van der Waals surface area contributed by atoms with Gasteiger partial charge in [0.15, 0.2) is 0 Å². The number of aliphatic hydroxyl groups excluding tert-OH is 1. The van der Waals surface area contributed by atoms with E-state index in [-0.39, 0.29) is 12.5 Å². The summed E-state index contributed by atoms with van der Waals surface area (Å²) >= 11 is 5.72. The van der Waals surface area contributed by atoms with Crippen molar-refractivity contribution in [2.24, 2.45) is 0 Å². The Kier molecular flexibility index (Phi) is 4.06. The molecular weight excluding hydrogens is 188 g/mol. The molecule has 1 rings (SSSR count). The fourth-order valence-corrected chi connectivity index (χ4v) is 1.50. The number of alkyl halides is 1. The van der Waals surface area contributed by atoms with Crippen LogP contribution in [0.5, 0.6) is 5.75 Å². The van der Waals surface area contributed by atoms with Crippen molar-refractivity contribution in [3.05, 3.63) is 29.8 Å². The number of ether oxygens (including phenoxy) is 1. The molecule has 1 unspecified atom stereocenters. The highest BCUT2D eigenvalue weighted by molar-refractivity contribution is 6.18. The summed E-state index contributed by atoms with van der Waals surface area (Å²) in [5.74, 6) is 1.14. The lowest BCUT2D eigenvalue weighted by Gasteiger charge is -2.14. The number of para-hydroxylation sites is 1. The van der Waals surface area contributed by atoms with E-state index in [4.69, 9.17) is 21.4 Å². The molecule has 0 bridgehead atoms. The Morgan fingerprint density at radius 3 is 2.69 bits per heavy atom. The van der Waals surface area contributed by atoms with E-state index >= 15 is 0 Å². The molecule has 2 nitrogen and oxygen atoms in total. The van der Waals surface area contributed by atoms with Crippen molar-refractivity contribution in [3.63, 3.8) is 0 Å². The van der Waals surface area contributed by atoms with Gasteiger partial charge >= 0.3 is 0 Å². The fourth-order valence-electron chi connectivity index (χ4n) is 1.23. The lowest BCUT2D eigenvalue weighted by Crippen LogP contribution is -2.07. The Bertz CT molecular complexity index is 259. The summed E-state index contributed by atoms with van der Waals surface area (Å²) in [6, 6.07) is 7.59. The van der Waals surface area contributed by atoms with Gasteiger partial charge in [-0.05, 0) is 6.07 Å². The highest BCUT2D eigenvalue weighted by atomic mass is 35.5. The van der Waals surface area contributed by atoms with Crippen molar-refractivity contribution in [1.82, 2.24) is 0 Å². The van der Waals surface area contributed by atoms with Crippen molar-refractivity contribution in [2.45, 2.75) is 5.92 Å². The molecule has 0 saturated carbocycles. The zero-order valence-corrected chi connectivity index (χ0v) is 8.29. The summed E-state index contributed by atoms with van der Waals surface area (Å²) in [6.45, 7) is 0.0455. The molecule has 0 saturated heterocycles. The average Bonchev–Trinajstić information content (AvgIpc) is 2.20. The number of rotatable bonds is 4. The minimum absolute atomic E-state index is 0.0437. The van der Waals surface area contributed by atoms with Crippen LogP contribution in [0, 0.1) is 0 Å². The van der Waals surface area contributed by atoms with Gasteiger partial charge in [0.2, 0.25) is 0 Å². The Hall–Kier alpha value is -0.730. The highest BCUT2D eigenvalue weighted by Gasteiger charge is 2.12. The first-order valence-electron chi connectivity index (χ1n) is 4.13. The van der Waals surface area contributed by atoms with Crippen molar-refractivity contribution in [1.29, 1.82) is 0 Å². The number of hydrogen-bond acceptors (Lipinski definition) is 2. The molecule has 0 aliphatic rings. The van der Waals surface area contributed by atoms with Gasteiger partial charge in [-0.25, -0.2) is 0 Å². The predicted molar refractivity (Wildman–Crippen MR) is 53.5 cm³/mol. The number of halogens is 1. The molecular formula is C10H13ClO2. The third-order valence-corrected chi connectivity index (χ3v) is 2.36. The molecule has 1 aromatic rings. The van der Waals surface area contributed by atoms with Crippen LogP contribution in [0.3, 0.4) is 0 Å². The van der Waals surface area contributed by atoms with Gasteiger partial charge in [-0.15, -0.1) is 11.6 Å². The summed E-state index contributed by atoms with van der Waals surface area (Å²) in [5.41, 5.74) is 0.961. The van der Waals surface area contributed by atoms with E-state index in [2.05, 4.69) is 0 Å².